The molecule has 18 heavy (non-hydrogen) atoms. The van der Waals surface area contributed by atoms with E-state index < -0.39 is 4.92 Å². The summed E-state index contributed by atoms with van der Waals surface area (Å²) in [7, 11) is 0. The quantitative estimate of drug-likeness (QED) is 0.627. The molecule has 0 atom stereocenters. The number of benzene rings is 2. The molecule has 4 nitrogen and oxygen atoms in total. The van der Waals surface area contributed by atoms with Crippen LogP contribution in [0.5, 0.6) is 11.5 Å². The number of nitro benzene ring substituents is 1. The van der Waals surface area contributed by atoms with Crippen LogP contribution >= 0.6 is 15.9 Å². The molecule has 0 amide bonds. The van der Waals surface area contributed by atoms with Gasteiger partial charge in [-0.3, -0.25) is 10.1 Å². The number of ether oxygens (including phenoxy) is 1. The van der Waals surface area contributed by atoms with E-state index in [0.717, 1.165) is 0 Å². The minimum absolute atomic E-state index is 0.0820. The van der Waals surface area contributed by atoms with Crippen LogP contribution in [-0.4, -0.2) is 4.92 Å². The van der Waals surface area contributed by atoms with Crippen molar-refractivity contribution in [3.05, 3.63) is 62.9 Å². The lowest BCUT2D eigenvalue weighted by Gasteiger charge is -2.05. The Labute approximate surface area is 110 Å². The SMILES string of the molecule is O=[N+]([O-])c1cc(Br)cc(Oc2ccc(F)cc2)c1. The van der Waals surface area contributed by atoms with Gasteiger partial charge in [0, 0.05) is 10.5 Å². The molecule has 0 saturated heterocycles. The van der Waals surface area contributed by atoms with Gasteiger partial charge in [0.25, 0.3) is 5.69 Å². The van der Waals surface area contributed by atoms with Crippen molar-refractivity contribution in [3.63, 3.8) is 0 Å². The van der Waals surface area contributed by atoms with Crippen LogP contribution in [0.3, 0.4) is 0 Å². The summed E-state index contributed by atoms with van der Waals surface area (Å²) in [6, 6.07) is 9.66. The summed E-state index contributed by atoms with van der Waals surface area (Å²) >= 11 is 3.16. The predicted octanol–water partition coefficient (Wildman–Crippen LogP) is 4.29. The first-order valence-corrected chi connectivity index (χ1v) is 5.72. The second-order valence-corrected chi connectivity index (χ2v) is 4.37. The molecule has 0 aliphatic rings. The lowest BCUT2D eigenvalue weighted by Crippen LogP contribution is -1.90. The average Bonchev–Trinajstić information content (AvgIpc) is 2.31. The Morgan fingerprint density at radius 1 is 1.11 bits per heavy atom. The summed E-state index contributed by atoms with van der Waals surface area (Å²) in [6.45, 7) is 0. The van der Waals surface area contributed by atoms with Gasteiger partial charge in [0.05, 0.1) is 11.0 Å². The Morgan fingerprint density at radius 3 is 2.39 bits per heavy atom. The van der Waals surface area contributed by atoms with E-state index in [0.29, 0.717) is 16.0 Å². The second kappa shape index (κ2) is 5.14. The van der Waals surface area contributed by atoms with Crippen LogP contribution in [0.2, 0.25) is 0 Å². The van der Waals surface area contributed by atoms with Crippen molar-refractivity contribution >= 4 is 21.6 Å². The molecule has 0 radical (unpaired) electrons. The zero-order valence-electron chi connectivity index (χ0n) is 8.97. The van der Waals surface area contributed by atoms with Gasteiger partial charge in [-0.15, -0.1) is 0 Å². The van der Waals surface area contributed by atoms with Gasteiger partial charge in [-0.25, -0.2) is 4.39 Å². The minimum atomic E-state index is -0.512. The van der Waals surface area contributed by atoms with E-state index >= 15 is 0 Å². The topological polar surface area (TPSA) is 52.4 Å². The molecule has 0 unspecified atom stereocenters. The third kappa shape index (κ3) is 3.04. The highest BCUT2D eigenvalue weighted by Gasteiger charge is 2.10. The molecule has 0 saturated carbocycles. The van der Waals surface area contributed by atoms with E-state index in [1.165, 1.54) is 36.4 Å². The summed E-state index contributed by atoms with van der Waals surface area (Å²) in [6.07, 6.45) is 0. The number of nitrogens with zero attached hydrogens (tertiary/aromatic N) is 1. The van der Waals surface area contributed by atoms with Gasteiger partial charge in [-0.05, 0) is 30.3 Å². The molecule has 92 valence electrons. The van der Waals surface area contributed by atoms with E-state index in [1.807, 2.05) is 0 Å². The first-order valence-electron chi connectivity index (χ1n) is 4.93. The van der Waals surface area contributed by atoms with Gasteiger partial charge < -0.3 is 4.74 Å². The molecule has 6 heteroatoms. The zero-order chi connectivity index (χ0) is 13.1. The fourth-order valence-corrected chi connectivity index (χ4v) is 1.81. The van der Waals surface area contributed by atoms with Gasteiger partial charge in [0.1, 0.15) is 17.3 Å². The molecule has 2 aromatic carbocycles. The molecule has 0 fully saturated rings. The maximum Gasteiger partial charge on any atom is 0.274 e. The van der Waals surface area contributed by atoms with Crippen molar-refractivity contribution < 1.29 is 14.1 Å². The third-order valence-electron chi connectivity index (χ3n) is 2.12. The summed E-state index contributed by atoms with van der Waals surface area (Å²) in [5.74, 6) is 0.342. The van der Waals surface area contributed by atoms with Gasteiger partial charge in [0.2, 0.25) is 0 Å². The fourth-order valence-electron chi connectivity index (χ4n) is 1.35. The maximum absolute atomic E-state index is 12.7. The maximum atomic E-state index is 12.7. The lowest BCUT2D eigenvalue weighted by molar-refractivity contribution is -0.385. The second-order valence-electron chi connectivity index (χ2n) is 3.46. The Morgan fingerprint density at radius 2 is 1.78 bits per heavy atom. The standard InChI is InChI=1S/C12H7BrFNO3/c13-8-5-10(15(16)17)7-12(6-8)18-11-3-1-9(14)2-4-11/h1-7H. The monoisotopic (exact) mass is 311 g/mol. The predicted molar refractivity (Wildman–Crippen MR) is 67.3 cm³/mol. The van der Waals surface area contributed by atoms with Gasteiger partial charge in [-0.1, -0.05) is 15.9 Å². The van der Waals surface area contributed by atoms with E-state index in [-0.39, 0.29) is 11.5 Å². The molecule has 0 aliphatic heterocycles. The van der Waals surface area contributed by atoms with Crippen LogP contribution in [0.1, 0.15) is 0 Å². The van der Waals surface area contributed by atoms with Crippen molar-refractivity contribution in [2.24, 2.45) is 0 Å². The number of hydrogen-bond donors (Lipinski definition) is 0. The average molecular weight is 312 g/mol. The van der Waals surface area contributed by atoms with Crippen LogP contribution in [0, 0.1) is 15.9 Å². The van der Waals surface area contributed by atoms with Crippen LogP contribution in [-0.2, 0) is 0 Å². The van der Waals surface area contributed by atoms with Crippen LogP contribution in [0.25, 0.3) is 0 Å². The van der Waals surface area contributed by atoms with E-state index in [1.54, 1.807) is 6.07 Å². The summed E-state index contributed by atoms with van der Waals surface area (Å²) < 4.78 is 18.6. The van der Waals surface area contributed by atoms with Crippen molar-refractivity contribution in [1.29, 1.82) is 0 Å². The molecular weight excluding hydrogens is 305 g/mol. The van der Waals surface area contributed by atoms with Gasteiger partial charge in [-0.2, -0.15) is 0 Å². The first-order chi connectivity index (χ1) is 8.54. The molecular formula is C12H7BrFNO3. The van der Waals surface area contributed by atoms with Crippen molar-refractivity contribution in [2.75, 3.05) is 0 Å². The van der Waals surface area contributed by atoms with Crippen molar-refractivity contribution in [2.45, 2.75) is 0 Å². The van der Waals surface area contributed by atoms with Crippen LogP contribution in [0.15, 0.2) is 46.9 Å². The van der Waals surface area contributed by atoms with E-state index in [4.69, 9.17) is 4.74 Å². The highest BCUT2D eigenvalue weighted by molar-refractivity contribution is 9.10. The number of halogens is 2. The molecule has 0 heterocycles. The van der Waals surface area contributed by atoms with Crippen LogP contribution < -0.4 is 4.74 Å². The number of nitro groups is 1. The molecule has 0 bridgehead atoms. The number of non-ortho nitro benzene ring substituents is 1. The molecule has 0 aliphatic carbocycles. The van der Waals surface area contributed by atoms with Gasteiger partial charge in [0.15, 0.2) is 0 Å². The fraction of sp³-hybridized carbons (Fsp3) is 0. The lowest BCUT2D eigenvalue weighted by atomic mass is 10.3. The third-order valence-corrected chi connectivity index (χ3v) is 2.57. The number of rotatable bonds is 3. The van der Waals surface area contributed by atoms with E-state index in [9.17, 15) is 14.5 Å². The van der Waals surface area contributed by atoms with Crippen molar-refractivity contribution in [1.82, 2.24) is 0 Å². The molecule has 0 N–H and O–H groups in total. The smallest absolute Gasteiger partial charge is 0.274 e. The Kier molecular flexibility index (Phi) is 3.57. The highest BCUT2D eigenvalue weighted by Crippen LogP contribution is 2.29. The minimum Gasteiger partial charge on any atom is -0.457 e. The summed E-state index contributed by atoms with van der Waals surface area (Å²) in [4.78, 5) is 10.2. The Hall–Kier alpha value is -1.95. The largest absolute Gasteiger partial charge is 0.457 e. The molecule has 0 spiro atoms. The normalized spacial score (nSPS) is 10.1. The van der Waals surface area contributed by atoms with E-state index in [2.05, 4.69) is 15.9 Å². The van der Waals surface area contributed by atoms with Crippen LogP contribution in [0.4, 0.5) is 10.1 Å². The van der Waals surface area contributed by atoms with Crippen molar-refractivity contribution in [3.8, 4) is 11.5 Å². The molecule has 2 rings (SSSR count). The summed E-state index contributed by atoms with van der Waals surface area (Å²) in [5.41, 5.74) is -0.0820. The molecule has 2 aromatic rings. The highest BCUT2D eigenvalue weighted by atomic mass is 79.9. The van der Waals surface area contributed by atoms with Gasteiger partial charge >= 0.3 is 0 Å². The summed E-state index contributed by atoms with van der Waals surface area (Å²) in [5, 5.41) is 10.7. The Bertz CT molecular complexity index is 586. The first kappa shape index (κ1) is 12.5. The molecule has 0 aromatic heterocycles. The Balaban J connectivity index is 2.28. The number of hydrogen-bond acceptors (Lipinski definition) is 3. The zero-order valence-corrected chi connectivity index (χ0v) is 10.6.